The molecule has 1 amide bonds. The molecule has 0 fully saturated rings. The normalized spacial score (nSPS) is 12.8. The van der Waals surface area contributed by atoms with Gasteiger partial charge >= 0.3 is 0 Å². The summed E-state index contributed by atoms with van der Waals surface area (Å²) in [6.07, 6.45) is 1.60. The molecule has 0 spiro atoms. The number of anilines is 1. The summed E-state index contributed by atoms with van der Waals surface area (Å²) in [6.45, 7) is 0.929. The van der Waals surface area contributed by atoms with Crippen LogP contribution in [-0.2, 0) is 0 Å². The number of amides is 1. The number of benzene rings is 1. The molecule has 1 N–H and O–H groups in total. The van der Waals surface area contributed by atoms with Gasteiger partial charge in [-0.3, -0.25) is 4.79 Å². The zero-order chi connectivity index (χ0) is 13.9. The molecular weight excluding hydrogens is 280 g/mol. The maximum absolute atomic E-state index is 12.2. The van der Waals surface area contributed by atoms with E-state index in [0.29, 0.717) is 41.1 Å². The van der Waals surface area contributed by atoms with Gasteiger partial charge in [-0.15, -0.1) is 0 Å². The van der Waals surface area contributed by atoms with Crippen molar-refractivity contribution in [2.45, 2.75) is 0 Å². The van der Waals surface area contributed by atoms with Gasteiger partial charge in [0.1, 0.15) is 19.0 Å². The summed E-state index contributed by atoms with van der Waals surface area (Å²) in [4.78, 5) is 16.2. The second-order valence-corrected chi connectivity index (χ2v) is 4.55. The molecule has 0 aliphatic carbocycles. The lowest BCUT2D eigenvalue weighted by Crippen LogP contribution is -2.18. The summed E-state index contributed by atoms with van der Waals surface area (Å²) in [6, 6.07) is 8.42. The molecule has 1 aliphatic heterocycles. The molecule has 0 radical (unpaired) electrons. The SMILES string of the molecule is O=C(Nc1ccccn1)c1cc2c(cc1Cl)OCCO2. The van der Waals surface area contributed by atoms with Crippen molar-refractivity contribution in [1.29, 1.82) is 0 Å². The first-order valence-corrected chi connectivity index (χ1v) is 6.43. The molecule has 0 unspecified atom stereocenters. The molecule has 1 aromatic carbocycles. The quantitative estimate of drug-likeness (QED) is 0.924. The van der Waals surface area contributed by atoms with E-state index >= 15 is 0 Å². The number of hydrogen-bond donors (Lipinski definition) is 1. The molecular formula is C14H11ClN2O3. The molecule has 0 atom stereocenters. The van der Waals surface area contributed by atoms with Crippen LogP contribution in [0.4, 0.5) is 5.82 Å². The Hall–Kier alpha value is -2.27. The fourth-order valence-corrected chi connectivity index (χ4v) is 2.10. The minimum absolute atomic E-state index is 0.308. The van der Waals surface area contributed by atoms with Crippen LogP contribution in [0, 0.1) is 0 Å². The Morgan fingerprint density at radius 2 is 1.95 bits per heavy atom. The van der Waals surface area contributed by atoms with Crippen LogP contribution in [0.3, 0.4) is 0 Å². The van der Waals surface area contributed by atoms with Crippen molar-refractivity contribution in [3.63, 3.8) is 0 Å². The van der Waals surface area contributed by atoms with Crippen LogP contribution in [-0.4, -0.2) is 24.1 Å². The molecule has 0 bridgehead atoms. The minimum Gasteiger partial charge on any atom is -0.486 e. The van der Waals surface area contributed by atoms with Gasteiger partial charge in [-0.1, -0.05) is 17.7 Å². The molecule has 3 rings (SSSR count). The molecule has 6 heteroatoms. The number of pyridine rings is 1. The van der Waals surface area contributed by atoms with Gasteiger partial charge in [-0.05, 0) is 18.2 Å². The third-order valence-corrected chi connectivity index (χ3v) is 3.10. The average Bonchev–Trinajstić information content (AvgIpc) is 2.47. The van der Waals surface area contributed by atoms with E-state index in [1.54, 1.807) is 36.5 Å². The summed E-state index contributed by atoms with van der Waals surface area (Å²) in [5, 5.41) is 2.98. The molecule has 0 saturated heterocycles. The summed E-state index contributed by atoms with van der Waals surface area (Å²) >= 11 is 6.11. The largest absolute Gasteiger partial charge is 0.486 e. The monoisotopic (exact) mass is 290 g/mol. The van der Waals surface area contributed by atoms with Crippen molar-refractivity contribution in [1.82, 2.24) is 4.98 Å². The van der Waals surface area contributed by atoms with Gasteiger partial charge in [0, 0.05) is 12.3 Å². The van der Waals surface area contributed by atoms with Gasteiger partial charge in [0.25, 0.3) is 5.91 Å². The first kappa shape index (κ1) is 12.7. The van der Waals surface area contributed by atoms with Crippen LogP contribution < -0.4 is 14.8 Å². The van der Waals surface area contributed by atoms with Gasteiger partial charge in [0.2, 0.25) is 0 Å². The standard InChI is InChI=1S/C14H11ClN2O3/c15-10-8-12-11(19-5-6-20-12)7-9(10)14(18)17-13-3-1-2-4-16-13/h1-4,7-8H,5-6H2,(H,16,17,18). The van der Waals surface area contributed by atoms with Gasteiger partial charge in [0.05, 0.1) is 10.6 Å². The number of nitrogens with zero attached hydrogens (tertiary/aromatic N) is 1. The van der Waals surface area contributed by atoms with E-state index in [9.17, 15) is 4.79 Å². The summed E-state index contributed by atoms with van der Waals surface area (Å²) in [7, 11) is 0. The van der Waals surface area contributed by atoms with Gasteiger partial charge in [-0.25, -0.2) is 4.98 Å². The van der Waals surface area contributed by atoms with E-state index < -0.39 is 0 Å². The van der Waals surface area contributed by atoms with Crippen molar-refractivity contribution < 1.29 is 14.3 Å². The molecule has 1 aromatic heterocycles. The van der Waals surface area contributed by atoms with Crippen LogP contribution >= 0.6 is 11.6 Å². The second-order valence-electron chi connectivity index (χ2n) is 4.14. The van der Waals surface area contributed by atoms with Gasteiger partial charge < -0.3 is 14.8 Å². The molecule has 2 aromatic rings. The van der Waals surface area contributed by atoms with Crippen LogP contribution in [0.1, 0.15) is 10.4 Å². The number of aromatic nitrogens is 1. The third-order valence-electron chi connectivity index (χ3n) is 2.78. The number of hydrogen-bond acceptors (Lipinski definition) is 4. The van der Waals surface area contributed by atoms with Crippen molar-refractivity contribution in [3.8, 4) is 11.5 Å². The van der Waals surface area contributed by atoms with Crippen LogP contribution in [0.25, 0.3) is 0 Å². The van der Waals surface area contributed by atoms with Crippen LogP contribution in [0.15, 0.2) is 36.5 Å². The smallest absolute Gasteiger partial charge is 0.258 e. The number of halogens is 1. The Balaban J connectivity index is 1.88. The number of carbonyl (C=O) groups is 1. The highest BCUT2D eigenvalue weighted by molar-refractivity contribution is 6.34. The van der Waals surface area contributed by atoms with E-state index in [1.807, 2.05) is 0 Å². The zero-order valence-electron chi connectivity index (χ0n) is 10.4. The van der Waals surface area contributed by atoms with E-state index in [0.717, 1.165) is 0 Å². The van der Waals surface area contributed by atoms with Crippen molar-refractivity contribution in [2.24, 2.45) is 0 Å². The van der Waals surface area contributed by atoms with Crippen molar-refractivity contribution in [3.05, 3.63) is 47.1 Å². The minimum atomic E-state index is -0.342. The highest BCUT2D eigenvalue weighted by Crippen LogP contribution is 2.35. The van der Waals surface area contributed by atoms with E-state index in [4.69, 9.17) is 21.1 Å². The highest BCUT2D eigenvalue weighted by Gasteiger charge is 2.19. The van der Waals surface area contributed by atoms with Crippen molar-refractivity contribution in [2.75, 3.05) is 18.5 Å². The molecule has 1 aliphatic rings. The lowest BCUT2D eigenvalue weighted by molar-refractivity contribution is 0.102. The first-order valence-electron chi connectivity index (χ1n) is 6.05. The maximum Gasteiger partial charge on any atom is 0.258 e. The Labute approximate surface area is 120 Å². The molecule has 5 nitrogen and oxygen atoms in total. The lowest BCUT2D eigenvalue weighted by atomic mass is 10.1. The molecule has 102 valence electrons. The number of rotatable bonds is 2. The first-order chi connectivity index (χ1) is 9.74. The number of ether oxygens (including phenoxy) is 2. The summed E-state index contributed by atoms with van der Waals surface area (Å²) in [5.41, 5.74) is 0.321. The van der Waals surface area contributed by atoms with E-state index in [1.165, 1.54) is 0 Å². The summed E-state index contributed by atoms with van der Waals surface area (Å²) in [5.74, 6) is 1.19. The van der Waals surface area contributed by atoms with Crippen LogP contribution in [0.2, 0.25) is 5.02 Å². The Bertz CT molecular complexity index is 646. The topological polar surface area (TPSA) is 60.5 Å². The molecule has 0 saturated carbocycles. The molecule has 20 heavy (non-hydrogen) atoms. The maximum atomic E-state index is 12.2. The second kappa shape index (κ2) is 5.38. The van der Waals surface area contributed by atoms with Crippen molar-refractivity contribution >= 4 is 23.3 Å². The lowest BCUT2D eigenvalue weighted by Gasteiger charge is -2.19. The Morgan fingerprint density at radius 3 is 2.65 bits per heavy atom. The number of nitrogens with one attached hydrogen (secondary N) is 1. The zero-order valence-corrected chi connectivity index (χ0v) is 11.2. The third kappa shape index (κ3) is 2.53. The summed E-state index contributed by atoms with van der Waals surface area (Å²) < 4.78 is 10.8. The predicted octanol–water partition coefficient (Wildman–Crippen LogP) is 2.76. The average molecular weight is 291 g/mol. The highest BCUT2D eigenvalue weighted by atomic mass is 35.5. The Kier molecular flexibility index (Phi) is 3.43. The van der Waals surface area contributed by atoms with Gasteiger partial charge in [-0.2, -0.15) is 0 Å². The van der Waals surface area contributed by atoms with Gasteiger partial charge in [0.15, 0.2) is 11.5 Å². The predicted molar refractivity (Wildman–Crippen MR) is 74.6 cm³/mol. The van der Waals surface area contributed by atoms with E-state index in [2.05, 4.69) is 10.3 Å². The number of fused-ring (bicyclic) bond motifs is 1. The molecule has 2 heterocycles. The number of carbonyl (C=O) groups excluding carboxylic acids is 1. The fourth-order valence-electron chi connectivity index (χ4n) is 1.86. The Morgan fingerprint density at radius 1 is 1.20 bits per heavy atom. The van der Waals surface area contributed by atoms with E-state index in [-0.39, 0.29) is 5.91 Å². The van der Waals surface area contributed by atoms with Crippen LogP contribution in [0.5, 0.6) is 11.5 Å². The fraction of sp³-hybridized carbons (Fsp3) is 0.143.